The maximum Gasteiger partial charge on any atom is 0.159 e. The minimum Gasteiger partial charge on any atom is -0.494 e. The van der Waals surface area contributed by atoms with Crippen LogP contribution in [0.1, 0.15) is 24.2 Å². The molecule has 2 rings (SSSR count). The van der Waals surface area contributed by atoms with Gasteiger partial charge in [-0.1, -0.05) is 18.2 Å². The van der Waals surface area contributed by atoms with E-state index in [1.807, 2.05) is 43.3 Å². The molecule has 0 saturated heterocycles. The minimum absolute atomic E-state index is 0.0868. The van der Waals surface area contributed by atoms with E-state index in [-0.39, 0.29) is 5.78 Å². The molecule has 2 aromatic carbocycles. The van der Waals surface area contributed by atoms with Gasteiger partial charge in [0.15, 0.2) is 5.78 Å². The second-order valence-electron chi connectivity index (χ2n) is 3.71. The van der Waals surface area contributed by atoms with E-state index in [4.69, 9.17) is 4.74 Å². The van der Waals surface area contributed by atoms with Gasteiger partial charge in [-0.3, -0.25) is 4.79 Å². The zero-order chi connectivity index (χ0) is 11.5. The lowest BCUT2D eigenvalue weighted by Crippen LogP contribution is -1.93. The molecule has 0 spiro atoms. The molecule has 0 N–H and O–H groups in total. The van der Waals surface area contributed by atoms with E-state index in [2.05, 4.69) is 0 Å². The van der Waals surface area contributed by atoms with Crippen molar-refractivity contribution in [1.82, 2.24) is 0 Å². The van der Waals surface area contributed by atoms with Crippen LogP contribution in [0.3, 0.4) is 0 Å². The van der Waals surface area contributed by atoms with Crippen molar-refractivity contribution in [2.24, 2.45) is 0 Å². The Bertz CT molecular complexity index is 529. The van der Waals surface area contributed by atoms with E-state index in [0.29, 0.717) is 6.61 Å². The van der Waals surface area contributed by atoms with Crippen molar-refractivity contribution < 1.29 is 9.53 Å². The highest BCUT2D eigenvalue weighted by Crippen LogP contribution is 2.22. The van der Waals surface area contributed by atoms with Crippen molar-refractivity contribution in [3.63, 3.8) is 0 Å². The van der Waals surface area contributed by atoms with Gasteiger partial charge in [0.1, 0.15) is 5.75 Å². The fourth-order valence-electron chi connectivity index (χ4n) is 1.70. The van der Waals surface area contributed by atoms with Crippen molar-refractivity contribution in [2.45, 2.75) is 13.8 Å². The topological polar surface area (TPSA) is 26.3 Å². The van der Waals surface area contributed by atoms with Gasteiger partial charge >= 0.3 is 0 Å². The summed E-state index contributed by atoms with van der Waals surface area (Å²) >= 11 is 0. The molecule has 0 atom stereocenters. The molecule has 2 heteroatoms. The van der Waals surface area contributed by atoms with Crippen LogP contribution in [0.5, 0.6) is 5.75 Å². The van der Waals surface area contributed by atoms with Crippen LogP contribution in [-0.4, -0.2) is 12.4 Å². The molecule has 0 unspecified atom stereocenters. The van der Waals surface area contributed by atoms with E-state index in [9.17, 15) is 4.79 Å². The average molecular weight is 214 g/mol. The summed E-state index contributed by atoms with van der Waals surface area (Å²) in [5.74, 6) is 0.930. The lowest BCUT2D eigenvalue weighted by molar-refractivity contribution is 0.101. The number of hydrogen-bond acceptors (Lipinski definition) is 2. The number of ether oxygens (including phenoxy) is 1. The van der Waals surface area contributed by atoms with Crippen molar-refractivity contribution in [3.05, 3.63) is 42.0 Å². The van der Waals surface area contributed by atoms with Crippen LogP contribution in [-0.2, 0) is 0 Å². The zero-order valence-corrected chi connectivity index (χ0v) is 9.49. The molecule has 16 heavy (non-hydrogen) atoms. The van der Waals surface area contributed by atoms with E-state index >= 15 is 0 Å². The minimum atomic E-state index is 0.0868. The van der Waals surface area contributed by atoms with Gasteiger partial charge in [0.25, 0.3) is 0 Å². The first-order valence-corrected chi connectivity index (χ1v) is 5.38. The third kappa shape index (κ3) is 2.06. The highest BCUT2D eigenvalue weighted by molar-refractivity contribution is 5.98. The van der Waals surface area contributed by atoms with E-state index in [1.54, 1.807) is 6.92 Å². The molecule has 82 valence electrons. The Morgan fingerprint density at radius 1 is 1.12 bits per heavy atom. The monoisotopic (exact) mass is 214 g/mol. The predicted octanol–water partition coefficient (Wildman–Crippen LogP) is 3.44. The van der Waals surface area contributed by atoms with Crippen molar-refractivity contribution in [1.29, 1.82) is 0 Å². The van der Waals surface area contributed by atoms with Crippen LogP contribution >= 0.6 is 0 Å². The summed E-state index contributed by atoms with van der Waals surface area (Å²) < 4.78 is 5.43. The SMILES string of the molecule is CCOc1ccc2ccc(C(C)=O)cc2c1. The Labute approximate surface area is 94.8 Å². The lowest BCUT2D eigenvalue weighted by atomic mass is 10.0. The number of carbonyl (C=O) groups excluding carboxylic acids is 1. The average Bonchev–Trinajstić information content (AvgIpc) is 2.28. The molecule has 2 aromatic rings. The molecule has 0 aliphatic rings. The molecular weight excluding hydrogens is 200 g/mol. The standard InChI is InChI=1S/C14H14O2/c1-3-16-14-7-6-11-4-5-12(10(2)15)8-13(11)9-14/h4-9H,3H2,1-2H3. The Hall–Kier alpha value is -1.83. The van der Waals surface area contributed by atoms with Gasteiger partial charge in [-0.05, 0) is 42.8 Å². The number of hydrogen-bond donors (Lipinski definition) is 0. The second-order valence-corrected chi connectivity index (χ2v) is 3.71. The maximum atomic E-state index is 11.3. The van der Waals surface area contributed by atoms with Gasteiger partial charge < -0.3 is 4.74 Å². The molecule has 0 aromatic heterocycles. The molecule has 0 fully saturated rings. The smallest absolute Gasteiger partial charge is 0.159 e. The lowest BCUT2D eigenvalue weighted by Gasteiger charge is -2.05. The first-order chi connectivity index (χ1) is 7.70. The number of rotatable bonds is 3. The van der Waals surface area contributed by atoms with E-state index in [1.165, 1.54) is 0 Å². The van der Waals surface area contributed by atoms with Crippen LogP contribution in [0.15, 0.2) is 36.4 Å². The number of benzene rings is 2. The third-order valence-electron chi connectivity index (χ3n) is 2.53. The Morgan fingerprint density at radius 2 is 1.88 bits per heavy atom. The molecule has 0 aliphatic heterocycles. The van der Waals surface area contributed by atoms with Crippen LogP contribution < -0.4 is 4.74 Å². The molecule has 0 amide bonds. The van der Waals surface area contributed by atoms with Crippen LogP contribution in [0.4, 0.5) is 0 Å². The van der Waals surface area contributed by atoms with Crippen LogP contribution in [0, 0.1) is 0 Å². The van der Waals surface area contributed by atoms with Gasteiger partial charge in [0, 0.05) is 5.56 Å². The molecule has 2 nitrogen and oxygen atoms in total. The summed E-state index contributed by atoms with van der Waals surface area (Å²) in [6.07, 6.45) is 0. The predicted molar refractivity (Wildman–Crippen MR) is 65.1 cm³/mol. The van der Waals surface area contributed by atoms with Gasteiger partial charge in [-0.25, -0.2) is 0 Å². The third-order valence-corrected chi connectivity index (χ3v) is 2.53. The van der Waals surface area contributed by atoms with Gasteiger partial charge in [-0.15, -0.1) is 0 Å². The Balaban J connectivity index is 2.52. The van der Waals surface area contributed by atoms with Crippen molar-refractivity contribution >= 4 is 16.6 Å². The highest BCUT2D eigenvalue weighted by atomic mass is 16.5. The van der Waals surface area contributed by atoms with E-state index < -0.39 is 0 Å². The van der Waals surface area contributed by atoms with Crippen LogP contribution in [0.2, 0.25) is 0 Å². The molecule has 0 bridgehead atoms. The summed E-state index contributed by atoms with van der Waals surface area (Å²) in [6.45, 7) is 4.18. The van der Waals surface area contributed by atoms with Gasteiger partial charge in [-0.2, -0.15) is 0 Å². The number of carbonyl (C=O) groups is 1. The van der Waals surface area contributed by atoms with Crippen LogP contribution in [0.25, 0.3) is 10.8 Å². The summed E-state index contributed by atoms with van der Waals surface area (Å²) in [4.78, 5) is 11.3. The zero-order valence-electron chi connectivity index (χ0n) is 9.49. The quantitative estimate of drug-likeness (QED) is 0.731. The maximum absolute atomic E-state index is 11.3. The normalized spacial score (nSPS) is 10.4. The largest absolute Gasteiger partial charge is 0.494 e. The second kappa shape index (κ2) is 4.35. The molecule has 0 saturated carbocycles. The summed E-state index contributed by atoms with van der Waals surface area (Å²) in [5, 5.41) is 2.16. The summed E-state index contributed by atoms with van der Waals surface area (Å²) in [7, 11) is 0. The summed E-state index contributed by atoms with van der Waals surface area (Å²) in [5.41, 5.74) is 0.737. The number of Topliss-reactive ketones (excluding diaryl/α,β-unsaturated/α-hetero) is 1. The first-order valence-electron chi connectivity index (χ1n) is 5.38. The Morgan fingerprint density at radius 3 is 2.56 bits per heavy atom. The van der Waals surface area contributed by atoms with Gasteiger partial charge in [0.05, 0.1) is 6.61 Å². The fourth-order valence-corrected chi connectivity index (χ4v) is 1.70. The van der Waals surface area contributed by atoms with Gasteiger partial charge in [0.2, 0.25) is 0 Å². The highest BCUT2D eigenvalue weighted by Gasteiger charge is 2.02. The molecule has 0 aliphatic carbocycles. The molecule has 0 heterocycles. The number of fused-ring (bicyclic) bond motifs is 1. The first kappa shape index (κ1) is 10.7. The summed E-state index contributed by atoms with van der Waals surface area (Å²) in [6, 6.07) is 11.6. The fraction of sp³-hybridized carbons (Fsp3) is 0.214. The van der Waals surface area contributed by atoms with Crippen molar-refractivity contribution in [2.75, 3.05) is 6.61 Å². The molecular formula is C14H14O2. The van der Waals surface area contributed by atoms with E-state index in [0.717, 1.165) is 22.1 Å². The van der Waals surface area contributed by atoms with Crippen molar-refractivity contribution in [3.8, 4) is 5.75 Å². The Kier molecular flexibility index (Phi) is 2.91. The number of ketones is 1. The molecule has 0 radical (unpaired) electrons.